The maximum Gasteiger partial charge on any atom is 0.335 e. The molecule has 2 N–H and O–H groups in total. The first-order valence-electron chi connectivity index (χ1n) is 10.4. The SMILES string of the molecule is CCOc1cc(C(=O)N/N=C/c2cc(Cl)c(OCc3ccc(C(=O)O)cc3)c(Cl)c2)ccc1OC. The Balaban J connectivity index is 1.64. The number of halogens is 2. The Morgan fingerprint density at radius 2 is 1.63 bits per heavy atom. The summed E-state index contributed by atoms with van der Waals surface area (Å²) < 4.78 is 16.4. The Morgan fingerprint density at radius 3 is 2.23 bits per heavy atom. The van der Waals surface area contributed by atoms with Crippen LogP contribution in [-0.4, -0.2) is 36.9 Å². The van der Waals surface area contributed by atoms with E-state index in [0.717, 1.165) is 5.56 Å². The van der Waals surface area contributed by atoms with Crippen LogP contribution in [0.1, 0.15) is 38.8 Å². The van der Waals surface area contributed by atoms with Gasteiger partial charge in [0.25, 0.3) is 5.91 Å². The van der Waals surface area contributed by atoms with Crippen molar-refractivity contribution in [3.05, 3.63) is 86.9 Å². The van der Waals surface area contributed by atoms with Crippen molar-refractivity contribution in [3.63, 3.8) is 0 Å². The molecule has 3 aromatic rings. The predicted molar refractivity (Wildman–Crippen MR) is 133 cm³/mol. The monoisotopic (exact) mass is 516 g/mol. The fourth-order valence-corrected chi connectivity index (χ4v) is 3.62. The zero-order valence-electron chi connectivity index (χ0n) is 18.9. The van der Waals surface area contributed by atoms with Gasteiger partial charge in [-0.05, 0) is 60.5 Å². The van der Waals surface area contributed by atoms with E-state index in [1.165, 1.54) is 25.5 Å². The third-order valence-electron chi connectivity index (χ3n) is 4.71. The van der Waals surface area contributed by atoms with Crippen molar-refractivity contribution in [3.8, 4) is 17.2 Å². The van der Waals surface area contributed by atoms with Crippen LogP contribution in [-0.2, 0) is 6.61 Å². The average molecular weight is 517 g/mol. The van der Waals surface area contributed by atoms with Crippen molar-refractivity contribution in [2.24, 2.45) is 5.10 Å². The van der Waals surface area contributed by atoms with Crippen LogP contribution < -0.4 is 19.6 Å². The molecule has 0 saturated carbocycles. The van der Waals surface area contributed by atoms with E-state index in [2.05, 4.69) is 10.5 Å². The van der Waals surface area contributed by atoms with Crippen molar-refractivity contribution in [2.45, 2.75) is 13.5 Å². The molecule has 0 aromatic heterocycles. The molecule has 0 fully saturated rings. The van der Waals surface area contributed by atoms with Crippen molar-refractivity contribution < 1.29 is 28.9 Å². The van der Waals surface area contributed by atoms with Crippen molar-refractivity contribution in [1.82, 2.24) is 5.43 Å². The van der Waals surface area contributed by atoms with Crippen LogP contribution in [0.4, 0.5) is 0 Å². The summed E-state index contributed by atoms with van der Waals surface area (Å²) in [6.45, 7) is 2.41. The lowest BCUT2D eigenvalue weighted by molar-refractivity contribution is 0.0696. The molecule has 182 valence electrons. The van der Waals surface area contributed by atoms with Crippen LogP contribution >= 0.6 is 23.2 Å². The van der Waals surface area contributed by atoms with Gasteiger partial charge in [-0.2, -0.15) is 5.10 Å². The van der Waals surface area contributed by atoms with Gasteiger partial charge < -0.3 is 19.3 Å². The average Bonchev–Trinajstić information content (AvgIpc) is 2.84. The summed E-state index contributed by atoms with van der Waals surface area (Å²) in [6, 6.07) is 14.3. The Kier molecular flexibility index (Phi) is 8.94. The van der Waals surface area contributed by atoms with Gasteiger partial charge in [0.1, 0.15) is 6.61 Å². The van der Waals surface area contributed by atoms with E-state index in [4.69, 9.17) is 42.5 Å². The van der Waals surface area contributed by atoms with Crippen LogP contribution in [0.3, 0.4) is 0 Å². The number of carboxylic acid groups (broad SMARTS) is 1. The normalized spacial score (nSPS) is 10.7. The van der Waals surface area contributed by atoms with E-state index in [9.17, 15) is 9.59 Å². The van der Waals surface area contributed by atoms with Crippen LogP contribution in [0.2, 0.25) is 10.0 Å². The van der Waals surface area contributed by atoms with Gasteiger partial charge >= 0.3 is 5.97 Å². The Hall–Kier alpha value is -3.75. The second kappa shape index (κ2) is 12.1. The molecule has 0 aliphatic rings. The zero-order valence-corrected chi connectivity index (χ0v) is 20.4. The second-order valence-electron chi connectivity index (χ2n) is 7.10. The van der Waals surface area contributed by atoms with E-state index in [1.54, 1.807) is 42.5 Å². The quantitative estimate of drug-likeness (QED) is 0.274. The topological polar surface area (TPSA) is 106 Å². The highest BCUT2D eigenvalue weighted by Gasteiger charge is 2.12. The minimum Gasteiger partial charge on any atom is -0.493 e. The lowest BCUT2D eigenvalue weighted by atomic mass is 10.1. The summed E-state index contributed by atoms with van der Waals surface area (Å²) in [7, 11) is 1.52. The molecular weight excluding hydrogens is 495 g/mol. The number of hydrogen-bond acceptors (Lipinski definition) is 6. The Labute approximate surface area is 212 Å². The first kappa shape index (κ1) is 25.9. The van der Waals surface area contributed by atoms with Crippen LogP contribution in [0.25, 0.3) is 0 Å². The molecular formula is C25H22Cl2N2O6. The first-order chi connectivity index (χ1) is 16.8. The number of hydrazone groups is 1. The third kappa shape index (κ3) is 6.88. The van der Waals surface area contributed by atoms with Crippen molar-refractivity contribution >= 4 is 41.3 Å². The van der Waals surface area contributed by atoms with E-state index in [1.807, 2.05) is 6.92 Å². The number of benzene rings is 3. The molecule has 8 nitrogen and oxygen atoms in total. The molecule has 0 spiro atoms. The standard InChI is InChI=1S/C25H22Cl2N2O6/c1-3-34-22-12-18(8-9-21(22)33-2)24(30)29-28-13-16-10-19(26)23(20(27)11-16)35-14-15-4-6-17(7-5-15)25(31)32/h4-13H,3,14H2,1-2H3,(H,29,30)(H,31,32)/b28-13+. The minimum absolute atomic E-state index is 0.147. The summed E-state index contributed by atoms with van der Waals surface area (Å²) in [4.78, 5) is 23.4. The highest BCUT2D eigenvalue weighted by Crippen LogP contribution is 2.34. The highest BCUT2D eigenvalue weighted by molar-refractivity contribution is 6.37. The number of hydrogen-bond donors (Lipinski definition) is 2. The van der Waals surface area contributed by atoms with Gasteiger partial charge in [-0.25, -0.2) is 10.2 Å². The molecule has 0 radical (unpaired) electrons. The number of carbonyl (C=O) groups is 2. The Morgan fingerprint density at radius 1 is 0.971 bits per heavy atom. The molecule has 0 aliphatic heterocycles. The lowest BCUT2D eigenvalue weighted by Crippen LogP contribution is -2.17. The number of carboxylic acids is 1. The van der Waals surface area contributed by atoms with Gasteiger partial charge in [0, 0.05) is 5.56 Å². The molecule has 0 unspecified atom stereocenters. The number of nitrogens with one attached hydrogen (secondary N) is 1. The second-order valence-corrected chi connectivity index (χ2v) is 7.92. The summed E-state index contributed by atoms with van der Waals surface area (Å²) >= 11 is 12.6. The molecule has 0 bridgehead atoms. The molecule has 0 heterocycles. The van der Waals surface area contributed by atoms with Crippen LogP contribution in [0, 0.1) is 0 Å². The molecule has 0 saturated heterocycles. The van der Waals surface area contributed by atoms with Crippen molar-refractivity contribution in [1.29, 1.82) is 0 Å². The molecule has 1 amide bonds. The molecule has 3 aromatic carbocycles. The number of amides is 1. The zero-order chi connectivity index (χ0) is 25.4. The van der Waals surface area contributed by atoms with E-state index in [-0.39, 0.29) is 28.0 Å². The maximum absolute atomic E-state index is 12.4. The van der Waals surface area contributed by atoms with Gasteiger partial charge in [0.15, 0.2) is 17.2 Å². The largest absolute Gasteiger partial charge is 0.493 e. The van der Waals surface area contributed by atoms with E-state index >= 15 is 0 Å². The minimum atomic E-state index is -1.00. The fraction of sp³-hybridized carbons (Fsp3) is 0.160. The summed E-state index contributed by atoms with van der Waals surface area (Å²) in [6.07, 6.45) is 1.40. The van der Waals surface area contributed by atoms with Gasteiger partial charge in [-0.15, -0.1) is 0 Å². The fourth-order valence-electron chi connectivity index (χ4n) is 3.01. The molecule has 0 aliphatic carbocycles. The van der Waals surface area contributed by atoms with E-state index < -0.39 is 11.9 Å². The third-order valence-corrected chi connectivity index (χ3v) is 5.27. The molecule has 0 atom stereocenters. The summed E-state index contributed by atoms with van der Waals surface area (Å²) in [5.74, 6) is -0.180. The number of aromatic carboxylic acids is 1. The van der Waals surface area contributed by atoms with Gasteiger partial charge in [0.2, 0.25) is 0 Å². The van der Waals surface area contributed by atoms with E-state index in [0.29, 0.717) is 29.2 Å². The summed E-state index contributed by atoms with van der Waals surface area (Å²) in [5.41, 5.74) is 4.27. The molecule has 3 rings (SSSR count). The number of nitrogens with zero attached hydrogens (tertiary/aromatic N) is 1. The first-order valence-corrected chi connectivity index (χ1v) is 11.2. The predicted octanol–water partition coefficient (Wildman–Crippen LogP) is 5.44. The lowest BCUT2D eigenvalue weighted by Gasteiger charge is -2.11. The molecule has 10 heteroatoms. The number of carbonyl (C=O) groups excluding carboxylic acids is 1. The number of rotatable bonds is 10. The number of methoxy groups -OCH3 is 1. The molecule has 35 heavy (non-hydrogen) atoms. The number of ether oxygens (including phenoxy) is 3. The van der Waals surface area contributed by atoms with Gasteiger partial charge in [-0.3, -0.25) is 4.79 Å². The van der Waals surface area contributed by atoms with Crippen LogP contribution in [0.5, 0.6) is 17.2 Å². The van der Waals surface area contributed by atoms with Crippen molar-refractivity contribution in [2.75, 3.05) is 13.7 Å². The Bertz CT molecular complexity index is 1220. The van der Waals surface area contributed by atoms with Crippen LogP contribution in [0.15, 0.2) is 59.7 Å². The highest BCUT2D eigenvalue weighted by atomic mass is 35.5. The summed E-state index contributed by atoms with van der Waals surface area (Å²) in [5, 5.41) is 13.4. The maximum atomic E-state index is 12.4. The van der Waals surface area contributed by atoms with Gasteiger partial charge in [0.05, 0.1) is 35.5 Å². The smallest absolute Gasteiger partial charge is 0.335 e. The van der Waals surface area contributed by atoms with Gasteiger partial charge in [-0.1, -0.05) is 35.3 Å².